The molecular weight excluding hydrogens is 250 g/mol. The van der Waals surface area contributed by atoms with Gasteiger partial charge in [-0.3, -0.25) is 0 Å². The molecule has 1 atom stereocenters. The van der Waals surface area contributed by atoms with Crippen LogP contribution >= 0.6 is 11.3 Å². The maximum atomic E-state index is 6.32. The van der Waals surface area contributed by atoms with E-state index in [1.54, 1.807) is 0 Å². The van der Waals surface area contributed by atoms with Gasteiger partial charge in [0.1, 0.15) is 5.01 Å². The van der Waals surface area contributed by atoms with Crippen LogP contribution in [-0.2, 0) is 15.7 Å². The lowest BCUT2D eigenvalue weighted by Gasteiger charge is -2.17. The van der Waals surface area contributed by atoms with E-state index in [4.69, 9.17) is 10.5 Å². The summed E-state index contributed by atoms with van der Waals surface area (Å²) in [6.45, 7) is 7.52. The minimum Gasteiger partial charge on any atom is -0.379 e. The molecule has 2 aromatic rings. The van der Waals surface area contributed by atoms with Crippen molar-refractivity contribution in [1.82, 2.24) is 19.8 Å². The Balaban J connectivity index is 2.09. The van der Waals surface area contributed by atoms with Gasteiger partial charge in [0.25, 0.3) is 0 Å². The maximum Gasteiger partial charge on any atom is 0.234 e. The molecule has 1 saturated heterocycles. The van der Waals surface area contributed by atoms with Crippen molar-refractivity contribution in [2.75, 3.05) is 13.2 Å². The Morgan fingerprint density at radius 2 is 2.17 bits per heavy atom. The molecule has 2 aromatic heterocycles. The smallest absolute Gasteiger partial charge is 0.234 e. The number of nitrogens with two attached hydrogens (primary N) is 1. The van der Waals surface area contributed by atoms with Crippen LogP contribution in [0.3, 0.4) is 0 Å². The van der Waals surface area contributed by atoms with Crippen molar-refractivity contribution in [2.45, 2.75) is 38.1 Å². The molecule has 3 heterocycles. The van der Waals surface area contributed by atoms with Gasteiger partial charge < -0.3 is 10.5 Å². The average Bonchev–Trinajstić information content (AvgIpc) is 2.87. The van der Waals surface area contributed by atoms with Crippen LogP contribution in [0.1, 0.15) is 38.0 Å². The second kappa shape index (κ2) is 3.72. The summed E-state index contributed by atoms with van der Waals surface area (Å²) >= 11 is 1.50. The third-order valence-corrected chi connectivity index (χ3v) is 4.26. The topological polar surface area (TPSA) is 78.3 Å². The van der Waals surface area contributed by atoms with Crippen molar-refractivity contribution in [2.24, 2.45) is 5.73 Å². The fraction of sp³-hybridized carbons (Fsp3) is 0.727. The van der Waals surface area contributed by atoms with Crippen LogP contribution in [0, 0.1) is 0 Å². The van der Waals surface area contributed by atoms with Gasteiger partial charge in [-0.1, -0.05) is 32.1 Å². The predicted octanol–water partition coefficient (Wildman–Crippen LogP) is 1.06. The minimum absolute atomic E-state index is 0.0846. The standard InChI is InChI=1S/C11H17N5OS/c1-10(2,3)7-13-14-9-16(7)15-8(18-9)11(12)4-5-17-6-11/h4-6,12H2,1-3H3. The fourth-order valence-corrected chi connectivity index (χ4v) is 2.99. The lowest BCUT2D eigenvalue weighted by atomic mass is 9.96. The first-order valence-electron chi connectivity index (χ1n) is 6.00. The number of ether oxygens (including phenoxy) is 1. The molecule has 2 N–H and O–H groups in total. The van der Waals surface area contributed by atoms with Gasteiger partial charge in [0.2, 0.25) is 4.96 Å². The van der Waals surface area contributed by atoms with Crippen LogP contribution in [0.4, 0.5) is 0 Å². The summed E-state index contributed by atoms with van der Waals surface area (Å²) < 4.78 is 7.19. The highest BCUT2D eigenvalue weighted by molar-refractivity contribution is 7.16. The molecular formula is C11H17N5OS. The molecule has 98 valence electrons. The van der Waals surface area contributed by atoms with Crippen molar-refractivity contribution >= 4 is 16.3 Å². The second-order valence-corrected chi connectivity index (χ2v) is 6.79. The summed E-state index contributed by atoms with van der Waals surface area (Å²) in [4.78, 5) is 0.798. The zero-order chi connectivity index (χ0) is 13.0. The van der Waals surface area contributed by atoms with Crippen molar-refractivity contribution in [1.29, 1.82) is 0 Å². The zero-order valence-corrected chi connectivity index (χ0v) is 11.6. The number of rotatable bonds is 1. The van der Waals surface area contributed by atoms with Gasteiger partial charge in [0.15, 0.2) is 5.82 Å². The summed E-state index contributed by atoms with van der Waals surface area (Å²) in [5.41, 5.74) is 5.78. The van der Waals surface area contributed by atoms with E-state index in [9.17, 15) is 0 Å². The normalized spacial score (nSPS) is 25.1. The molecule has 0 aromatic carbocycles. The molecule has 1 fully saturated rings. The first-order valence-corrected chi connectivity index (χ1v) is 6.82. The molecule has 1 aliphatic heterocycles. The highest BCUT2D eigenvalue weighted by atomic mass is 32.1. The van der Waals surface area contributed by atoms with Crippen LogP contribution in [-0.4, -0.2) is 33.0 Å². The Hall–Kier alpha value is -1.05. The molecule has 0 amide bonds. The van der Waals surface area contributed by atoms with E-state index in [0.717, 1.165) is 22.2 Å². The first kappa shape index (κ1) is 12.0. The highest BCUT2D eigenvalue weighted by Crippen LogP contribution is 2.32. The van der Waals surface area contributed by atoms with E-state index in [-0.39, 0.29) is 5.41 Å². The van der Waals surface area contributed by atoms with Gasteiger partial charge in [-0.15, -0.1) is 10.2 Å². The Kier molecular flexibility index (Phi) is 2.48. The Morgan fingerprint density at radius 3 is 2.78 bits per heavy atom. The Labute approximate surface area is 109 Å². The fourth-order valence-electron chi connectivity index (χ4n) is 2.04. The molecule has 0 bridgehead atoms. The van der Waals surface area contributed by atoms with Gasteiger partial charge in [-0.05, 0) is 6.42 Å². The summed E-state index contributed by atoms with van der Waals surface area (Å²) in [6, 6.07) is 0. The van der Waals surface area contributed by atoms with Crippen LogP contribution < -0.4 is 5.73 Å². The summed E-state index contributed by atoms with van der Waals surface area (Å²) in [6.07, 6.45) is 0.807. The minimum atomic E-state index is -0.458. The SMILES string of the molecule is CC(C)(C)c1nnc2sc(C3(N)CCOC3)nn12. The van der Waals surface area contributed by atoms with E-state index < -0.39 is 5.54 Å². The molecule has 18 heavy (non-hydrogen) atoms. The molecule has 0 aliphatic carbocycles. The summed E-state index contributed by atoms with van der Waals surface area (Å²) in [5, 5.41) is 13.9. The van der Waals surface area contributed by atoms with Gasteiger partial charge in [-0.25, -0.2) is 0 Å². The number of aromatic nitrogens is 4. The largest absolute Gasteiger partial charge is 0.379 e. The summed E-state index contributed by atoms with van der Waals surface area (Å²) in [5.74, 6) is 0.863. The number of nitrogens with zero attached hydrogens (tertiary/aromatic N) is 4. The van der Waals surface area contributed by atoms with Gasteiger partial charge >= 0.3 is 0 Å². The van der Waals surface area contributed by atoms with Gasteiger partial charge in [-0.2, -0.15) is 9.61 Å². The highest BCUT2D eigenvalue weighted by Gasteiger charge is 2.37. The summed E-state index contributed by atoms with van der Waals surface area (Å²) in [7, 11) is 0. The molecule has 0 saturated carbocycles. The third-order valence-electron chi connectivity index (χ3n) is 3.14. The molecule has 1 aliphatic rings. The van der Waals surface area contributed by atoms with Gasteiger partial charge in [0.05, 0.1) is 12.1 Å². The molecule has 7 heteroatoms. The van der Waals surface area contributed by atoms with E-state index in [1.165, 1.54) is 11.3 Å². The lowest BCUT2D eigenvalue weighted by molar-refractivity contribution is 0.178. The molecule has 6 nitrogen and oxygen atoms in total. The number of hydrogen-bond acceptors (Lipinski definition) is 6. The van der Waals surface area contributed by atoms with Crippen molar-refractivity contribution in [3.8, 4) is 0 Å². The Morgan fingerprint density at radius 1 is 1.39 bits per heavy atom. The molecule has 0 spiro atoms. The van der Waals surface area contributed by atoms with E-state index in [2.05, 4.69) is 36.1 Å². The molecule has 0 radical (unpaired) electrons. The zero-order valence-electron chi connectivity index (χ0n) is 10.8. The van der Waals surface area contributed by atoms with Crippen molar-refractivity contribution in [3.05, 3.63) is 10.8 Å². The number of hydrogen-bond donors (Lipinski definition) is 1. The van der Waals surface area contributed by atoms with Crippen molar-refractivity contribution in [3.63, 3.8) is 0 Å². The quantitative estimate of drug-likeness (QED) is 0.835. The third kappa shape index (κ3) is 1.73. The monoisotopic (exact) mass is 267 g/mol. The maximum absolute atomic E-state index is 6.32. The van der Waals surface area contributed by atoms with Crippen LogP contribution in [0.15, 0.2) is 0 Å². The van der Waals surface area contributed by atoms with Gasteiger partial charge in [0, 0.05) is 12.0 Å². The van der Waals surface area contributed by atoms with Crippen LogP contribution in [0.25, 0.3) is 4.96 Å². The Bertz CT molecular complexity index is 576. The van der Waals surface area contributed by atoms with Crippen LogP contribution in [0.5, 0.6) is 0 Å². The lowest BCUT2D eigenvalue weighted by Crippen LogP contribution is -2.37. The average molecular weight is 267 g/mol. The second-order valence-electron chi connectivity index (χ2n) is 5.83. The first-order chi connectivity index (χ1) is 8.40. The molecule has 3 rings (SSSR count). The predicted molar refractivity (Wildman–Crippen MR) is 68.7 cm³/mol. The van der Waals surface area contributed by atoms with E-state index in [1.807, 2.05) is 4.52 Å². The van der Waals surface area contributed by atoms with Crippen molar-refractivity contribution < 1.29 is 4.74 Å². The van der Waals surface area contributed by atoms with E-state index in [0.29, 0.717) is 13.2 Å². The number of fused-ring (bicyclic) bond motifs is 1. The van der Waals surface area contributed by atoms with Crippen LogP contribution in [0.2, 0.25) is 0 Å². The van der Waals surface area contributed by atoms with E-state index >= 15 is 0 Å². The molecule has 1 unspecified atom stereocenters.